The second kappa shape index (κ2) is 6.08. The third-order valence-corrected chi connectivity index (χ3v) is 1.79. The van der Waals surface area contributed by atoms with Crippen molar-refractivity contribution in [2.45, 2.75) is 27.7 Å². The molecule has 0 N–H and O–H groups in total. The minimum atomic E-state index is -0.0913. The first-order chi connectivity index (χ1) is 6.54. The van der Waals surface area contributed by atoms with E-state index >= 15 is 0 Å². The van der Waals surface area contributed by atoms with Crippen LogP contribution in [0.2, 0.25) is 0 Å². The summed E-state index contributed by atoms with van der Waals surface area (Å²) < 4.78 is 0. The molecule has 76 valence electrons. The first kappa shape index (κ1) is 12.6. The molecule has 0 atom stereocenters. The van der Waals surface area contributed by atoms with Crippen LogP contribution in [0, 0.1) is 0 Å². The molecule has 0 aliphatic rings. The maximum Gasteiger partial charge on any atom is 0.160 e. The van der Waals surface area contributed by atoms with Gasteiger partial charge in [0, 0.05) is 11.1 Å². The maximum absolute atomic E-state index is 11.3. The van der Waals surface area contributed by atoms with Gasteiger partial charge in [0.25, 0.3) is 0 Å². The van der Waals surface area contributed by atoms with Gasteiger partial charge in [-0.1, -0.05) is 24.3 Å². The number of allylic oxidation sites excluding steroid dienone is 6. The molecule has 0 saturated heterocycles. The van der Waals surface area contributed by atoms with Gasteiger partial charge in [-0.25, -0.2) is 0 Å². The SMILES string of the molecule is C\C=C/C=C(C(C)=O)\C(=C/C)C(C)=O. The molecule has 0 aliphatic heterocycles. The number of hydrogen-bond acceptors (Lipinski definition) is 2. The van der Waals surface area contributed by atoms with E-state index < -0.39 is 0 Å². The Labute approximate surface area is 85.0 Å². The molecule has 2 nitrogen and oxygen atoms in total. The van der Waals surface area contributed by atoms with Crippen molar-refractivity contribution in [1.29, 1.82) is 0 Å². The molecule has 0 heterocycles. The van der Waals surface area contributed by atoms with E-state index in [1.54, 1.807) is 25.2 Å². The lowest BCUT2D eigenvalue weighted by molar-refractivity contribution is -0.116. The molecule has 0 aliphatic carbocycles. The van der Waals surface area contributed by atoms with Crippen molar-refractivity contribution < 1.29 is 9.59 Å². The molecule has 0 aromatic rings. The Kier molecular flexibility index (Phi) is 5.46. The monoisotopic (exact) mass is 192 g/mol. The highest BCUT2D eigenvalue weighted by Crippen LogP contribution is 2.12. The Morgan fingerprint density at radius 1 is 0.929 bits per heavy atom. The fraction of sp³-hybridized carbons (Fsp3) is 0.333. The lowest BCUT2D eigenvalue weighted by Gasteiger charge is -2.03. The van der Waals surface area contributed by atoms with Crippen molar-refractivity contribution in [3.63, 3.8) is 0 Å². The predicted molar refractivity (Wildman–Crippen MR) is 58.0 cm³/mol. The molecule has 0 unspecified atom stereocenters. The van der Waals surface area contributed by atoms with E-state index in [-0.39, 0.29) is 11.6 Å². The zero-order valence-electron chi connectivity index (χ0n) is 9.13. The van der Waals surface area contributed by atoms with Crippen LogP contribution < -0.4 is 0 Å². The second-order valence-electron chi connectivity index (χ2n) is 2.92. The van der Waals surface area contributed by atoms with E-state index in [9.17, 15) is 9.59 Å². The van der Waals surface area contributed by atoms with Gasteiger partial charge in [0.15, 0.2) is 11.6 Å². The average Bonchev–Trinajstić information content (AvgIpc) is 2.10. The molecule has 0 spiro atoms. The Balaban J connectivity index is 5.21. The molecule has 0 bridgehead atoms. The quantitative estimate of drug-likeness (QED) is 0.507. The first-order valence-corrected chi connectivity index (χ1v) is 4.56. The van der Waals surface area contributed by atoms with Crippen LogP contribution in [0.15, 0.2) is 35.5 Å². The van der Waals surface area contributed by atoms with Gasteiger partial charge in [-0.2, -0.15) is 0 Å². The summed E-state index contributed by atoms with van der Waals surface area (Å²) in [7, 11) is 0. The molecule has 0 amide bonds. The normalized spacial score (nSPS) is 13.4. The van der Waals surface area contributed by atoms with Crippen molar-refractivity contribution >= 4 is 11.6 Å². The van der Waals surface area contributed by atoms with Crippen LogP contribution in [-0.4, -0.2) is 11.6 Å². The minimum absolute atomic E-state index is 0.0848. The van der Waals surface area contributed by atoms with Gasteiger partial charge in [0.2, 0.25) is 0 Å². The fourth-order valence-corrected chi connectivity index (χ4v) is 1.14. The van der Waals surface area contributed by atoms with Crippen LogP contribution >= 0.6 is 0 Å². The minimum Gasteiger partial charge on any atom is -0.294 e. The first-order valence-electron chi connectivity index (χ1n) is 4.56. The van der Waals surface area contributed by atoms with E-state index in [0.717, 1.165) is 0 Å². The molecule has 0 aromatic heterocycles. The van der Waals surface area contributed by atoms with Crippen molar-refractivity contribution in [3.8, 4) is 0 Å². The Bertz CT molecular complexity index is 317. The third kappa shape index (κ3) is 3.52. The summed E-state index contributed by atoms with van der Waals surface area (Å²) in [6.07, 6.45) is 6.90. The summed E-state index contributed by atoms with van der Waals surface area (Å²) in [5, 5.41) is 0. The van der Waals surface area contributed by atoms with Crippen LogP contribution in [0.1, 0.15) is 27.7 Å². The molecule has 14 heavy (non-hydrogen) atoms. The molecule has 0 aromatic carbocycles. The topological polar surface area (TPSA) is 34.1 Å². The van der Waals surface area contributed by atoms with Crippen LogP contribution in [0.3, 0.4) is 0 Å². The summed E-state index contributed by atoms with van der Waals surface area (Å²) >= 11 is 0. The van der Waals surface area contributed by atoms with E-state index in [1.165, 1.54) is 13.8 Å². The van der Waals surface area contributed by atoms with Crippen molar-refractivity contribution in [1.82, 2.24) is 0 Å². The number of carbonyl (C=O) groups is 2. The van der Waals surface area contributed by atoms with Gasteiger partial charge in [-0.15, -0.1) is 0 Å². The van der Waals surface area contributed by atoms with Crippen LogP contribution in [0.25, 0.3) is 0 Å². The summed E-state index contributed by atoms with van der Waals surface area (Å²) in [4.78, 5) is 22.5. The van der Waals surface area contributed by atoms with Gasteiger partial charge in [0.05, 0.1) is 0 Å². The number of Topliss-reactive ketones (excluding diaryl/α,β-unsaturated/α-hetero) is 2. The summed E-state index contributed by atoms with van der Waals surface area (Å²) in [6, 6.07) is 0. The van der Waals surface area contributed by atoms with Crippen LogP contribution in [0.4, 0.5) is 0 Å². The molecule has 0 radical (unpaired) electrons. The number of ketones is 2. The van der Waals surface area contributed by atoms with E-state index in [2.05, 4.69) is 0 Å². The van der Waals surface area contributed by atoms with Gasteiger partial charge in [-0.3, -0.25) is 9.59 Å². The fourth-order valence-electron chi connectivity index (χ4n) is 1.14. The molecule has 0 saturated carbocycles. The van der Waals surface area contributed by atoms with Crippen LogP contribution in [-0.2, 0) is 9.59 Å². The largest absolute Gasteiger partial charge is 0.294 e. The lowest BCUT2D eigenvalue weighted by Crippen LogP contribution is -2.06. The standard InChI is InChI=1S/C12H16O2/c1-5-7-8-12(10(4)14)11(6-2)9(3)13/h5-8H,1-4H3/b7-5-,11-6-,12-8-. The third-order valence-electron chi connectivity index (χ3n) is 1.79. The van der Waals surface area contributed by atoms with Gasteiger partial charge < -0.3 is 0 Å². The number of hydrogen-bond donors (Lipinski definition) is 0. The smallest absolute Gasteiger partial charge is 0.160 e. The lowest BCUT2D eigenvalue weighted by atomic mass is 9.99. The van der Waals surface area contributed by atoms with Crippen molar-refractivity contribution in [2.24, 2.45) is 0 Å². The van der Waals surface area contributed by atoms with E-state index in [1.807, 2.05) is 13.0 Å². The molecule has 0 rings (SSSR count). The summed E-state index contributed by atoms with van der Waals surface area (Å²) in [5.41, 5.74) is 0.953. The Hall–Kier alpha value is -1.44. The highest BCUT2D eigenvalue weighted by atomic mass is 16.1. The Morgan fingerprint density at radius 2 is 1.43 bits per heavy atom. The maximum atomic E-state index is 11.3. The zero-order valence-corrected chi connectivity index (χ0v) is 9.13. The Morgan fingerprint density at radius 3 is 1.71 bits per heavy atom. The molecule has 0 fully saturated rings. The van der Waals surface area contributed by atoms with Crippen molar-refractivity contribution in [2.75, 3.05) is 0 Å². The summed E-state index contributed by atoms with van der Waals surface area (Å²) in [5.74, 6) is -0.176. The molecular weight excluding hydrogens is 176 g/mol. The van der Waals surface area contributed by atoms with Crippen LogP contribution in [0.5, 0.6) is 0 Å². The van der Waals surface area contributed by atoms with Gasteiger partial charge in [-0.05, 0) is 27.7 Å². The van der Waals surface area contributed by atoms with E-state index in [4.69, 9.17) is 0 Å². The van der Waals surface area contributed by atoms with E-state index in [0.29, 0.717) is 11.1 Å². The second-order valence-corrected chi connectivity index (χ2v) is 2.92. The number of rotatable bonds is 4. The highest BCUT2D eigenvalue weighted by Gasteiger charge is 2.12. The average molecular weight is 192 g/mol. The zero-order chi connectivity index (χ0) is 11.1. The molecule has 2 heteroatoms. The molecular formula is C12H16O2. The number of carbonyl (C=O) groups excluding carboxylic acids is 2. The highest BCUT2D eigenvalue weighted by molar-refractivity contribution is 6.10. The van der Waals surface area contributed by atoms with Crippen molar-refractivity contribution in [3.05, 3.63) is 35.5 Å². The predicted octanol–water partition coefficient (Wildman–Crippen LogP) is 2.61. The van der Waals surface area contributed by atoms with Gasteiger partial charge in [0.1, 0.15) is 0 Å². The van der Waals surface area contributed by atoms with Gasteiger partial charge >= 0.3 is 0 Å². The summed E-state index contributed by atoms with van der Waals surface area (Å²) in [6.45, 7) is 6.53.